The van der Waals surface area contributed by atoms with Crippen molar-refractivity contribution < 1.29 is 0 Å². The average molecular weight is 371 g/mol. The van der Waals surface area contributed by atoms with E-state index in [0.717, 1.165) is 47.8 Å². The Hall–Kier alpha value is -0.840. The first-order chi connectivity index (χ1) is 10.2. The molecule has 0 aliphatic rings. The topological polar surface area (TPSA) is 21.1 Å². The van der Waals surface area contributed by atoms with Crippen LogP contribution < -0.4 is 0 Å². The second kappa shape index (κ2) is 7.97. The molecular formula is C16H21BrClN3. The maximum Gasteiger partial charge on any atom is 0.0863 e. The molecule has 3 nitrogen and oxygen atoms in total. The summed E-state index contributed by atoms with van der Waals surface area (Å²) in [7, 11) is 1.97. The molecule has 0 atom stereocenters. The molecule has 0 spiro atoms. The van der Waals surface area contributed by atoms with Gasteiger partial charge < -0.3 is 0 Å². The van der Waals surface area contributed by atoms with Crippen LogP contribution in [0.4, 0.5) is 0 Å². The van der Waals surface area contributed by atoms with Gasteiger partial charge in [0.15, 0.2) is 0 Å². The predicted octanol–water partition coefficient (Wildman–Crippen LogP) is 4.03. The summed E-state index contributed by atoms with van der Waals surface area (Å²) in [5, 5.41) is 6.25. The Morgan fingerprint density at radius 1 is 1.24 bits per heavy atom. The van der Waals surface area contributed by atoms with E-state index in [4.69, 9.17) is 11.6 Å². The van der Waals surface area contributed by atoms with Crippen LogP contribution in [0.5, 0.6) is 0 Å². The Balaban J connectivity index is 2.14. The Morgan fingerprint density at radius 2 is 1.95 bits per heavy atom. The maximum atomic E-state index is 6.46. The number of hydrogen-bond donors (Lipinski definition) is 0. The lowest BCUT2D eigenvalue weighted by atomic mass is 10.2. The van der Waals surface area contributed by atoms with Gasteiger partial charge in [0, 0.05) is 32.0 Å². The zero-order chi connectivity index (χ0) is 15.2. The normalized spacial score (nSPS) is 11.3. The Labute approximate surface area is 140 Å². The van der Waals surface area contributed by atoms with E-state index in [2.05, 4.69) is 57.1 Å². The van der Waals surface area contributed by atoms with Crippen LogP contribution in [-0.2, 0) is 26.6 Å². The molecule has 2 aromatic rings. The third kappa shape index (κ3) is 4.31. The zero-order valence-corrected chi connectivity index (χ0v) is 14.9. The summed E-state index contributed by atoms with van der Waals surface area (Å²) >= 11 is 9.99. The average Bonchev–Trinajstić information content (AvgIpc) is 2.76. The van der Waals surface area contributed by atoms with Gasteiger partial charge in [0.25, 0.3) is 0 Å². The highest BCUT2D eigenvalue weighted by Gasteiger charge is 2.16. The molecule has 0 aliphatic heterocycles. The fourth-order valence-electron chi connectivity index (χ4n) is 2.38. The SMILES string of the molecule is CCc1nn(C)c(CN(CCBr)Cc2ccccc2)c1Cl. The zero-order valence-electron chi connectivity index (χ0n) is 12.5. The minimum absolute atomic E-state index is 0.808. The van der Waals surface area contributed by atoms with Gasteiger partial charge in [-0.3, -0.25) is 9.58 Å². The molecule has 0 fully saturated rings. The fourth-order valence-corrected chi connectivity index (χ4v) is 3.23. The molecule has 0 saturated carbocycles. The van der Waals surface area contributed by atoms with Crippen LogP contribution in [0.1, 0.15) is 23.9 Å². The molecule has 0 bridgehead atoms. The predicted molar refractivity (Wildman–Crippen MR) is 91.9 cm³/mol. The lowest BCUT2D eigenvalue weighted by Gasteiger charge is -2.21. The molecule has 21 heavy (non-hydrogen) atoms. The van der Waals surface area contributed by atoms with Crippen molar-refractivity contribution in [1.82, 2.24) is 14.7 Å². The summed E-state index contributed by atoms with van der Waals surface area (Å²) in [6.07, 6.45) is 0.865. The van der Waals surface area contributed by atoms with Gasteiger partial charge in [0.05, 0.1) is 16.4 Å². The highest BCUT2D eigenvalue weighted by molar-refractivity contribution is 9.09. The van der Waals surface area contributed by atoms with Crippen LogP contribution >= 0.6 is 27.5 Å². The van der Waals surface area contributed by atoms with E-state index in [0.29, 0.717) is 0 Å². The van der Waals surface area contributed by atoms with Gasteiger partial charge in [-0.05, 0) is 12.0 Å². The maximum absolute atomic E-state index is 6.46. The summed E-state index contributed by atoms with van der Waals surface area (Å²) in [6.45, 7) is 4.77. The minimum Gasteiger partial charge on any atom is -0.292 e. The largest absolute Gasteiger partial charge is 0.292 e. The van der Waals surface area contributed by atoms with E-state index in [1.165, 1.54) is 5.56 Å². The second-order valence-electron chi connectivity index (χ2n) is 5.07. The lowest BCUT2D eigenvalue weighted by molar-refractivity contribution is 0.267. The highest BCUT2D eigenvalue weighted by atomic mass is 79.9. The fraction of sp³-hybridized carbons (Fsp3) is 0.438. The lowest BCUT2D eigenvalue weighted by Crippen LogP contribution is -2.26. The molecular weight excluding hydrogens is 350 g/mol. The Kier molecular flexibility index (Phi) is 6.27. The van der Waals surface area contributed by atoms with Crippen molar-refractivity contribution in [3.63, 3.8) is 0 Å². The van der Waals surface area contributed by atoms with Crippen LogP contribution in [0, 0.1) is 0 Å². The summed E-state index contributed by atoms with van der Waals surface area (Å²) in [5.41, 5.74) is 3.38. The molecule has 0 N–H and O–H groups in total. The van der Waals surface area contributed by atoms with Crippen molar-refractivity contribution in [1.29, 1.82) is 0 Å². The quantitative estimate of drug-likeness (QED) is 0.686. The smallest absolute Gasteiger partial charge is 0.0863 e. The molecule has 1 aromatic heterocycles. The van der Waals surface area contributed by atoms with Gasteiger partial charge in [-0.2, -0.15) is 5.10 Å². The van der Waals surface area contributed by atoms with Crippen LogP contribution in [-0.4, -0.2) is 26.6 Å². The number of alkyl halides is 1. The Bertz CT molecular complexity index is 568. The molecule has 114 valence electrons. The first kappa shape index (κ1) is 16.5. The number of aromatic nitrogens is 2. The summed E-state index contributed by atoms with van der Waals surface area (Å²) in [6, 6.07) is 10.5. The van der Waals surface area contributed by atoms with Crippen LogP contribution in [0.2, 0.25) is 5.02 Å². The first-order valence-corrected chi connectivity index (χ1v) is 8.68. The molecule has 0 saturated heterocycles. The summed E-state index contributed by atoms with van der Waals surface area (Å²) in [4.78, 5) is 2.38. The van der Waals surface area contributed by atoms with Gasteiger partial charge in [0.1, 0.15) is 0 Å². The standard InChI is InChI=1S/C16H21BrClN3/c1-3-14-16(18)15(20(2)19-14)12-21(10-9-17)11-13-7-5-4-6-8-13/h4-8H,3,9-12H2,1-2H3. The van der Waals surface area contributed by atoms with Gasteiger partial charge in [-0.1, -0.05) is 64.8 Å². The van der Waals surface area contributed by atoms with E-state index in [1.54, 1.807) is 0 Å². The Morgan fingerprint density at radius 3 is 2.52 bits per heavy atom. The van der Waals surface area contributed by atoms with Gasteiger partial charge in [-0.15, -0.1) is 0 Å². The molecule has 1 aromatic carbocycles. The van der Waals surface area contributed by atoms with E-state index in [9.17, 15) is 0 Å². The number of nitrogens with zero attached hydrogens (tertiary/aromatic N) is 3. The van der Waals surface area contributed by atoms with Gasteiger partial charge in [0.2, 0.25) is 0 Å². The number of aryl methyl sites for hydroxylation is 2. The summed E-state index contributed by atoms with van der Waals surface area (Å²) < 4.78 is 1.91. The molecule has 0 amide bonds. The van der Waals surface area contributed by atoms with E-state index in [-0.39, 0.29) is 0 Å². The number of hydrogen-bond acceptors (Lipinski definition) is 2. The molecule has 1 heterocycles. The highest BCUT2D eigenvalue weighted by Crippen LogP contribution is 2.23. The number of rotatable bonds is 7. The van der Waals surface area contributed by atoms with Crippen molar-refractivity contribution in [3.8, 4) is 0 Å². The second-order valence-corrected chi connectivity index (χ2v) is 6.24. The van der Waals surface area contributed by atoms with Crippen molar-refractivity contribution >= 4 is 27.5 Å². The van der Waals surface area contributed by atoms with E-state index < -0.39 is 0 Å². The van der Waals surface area contributed by atoms with Crippen molar-refractivity contribution in [2.24, 2.45) is 7.05 Å². The molecule has 0 aliphatic carbocycles. The van der Waals surface area contributed by atoms with Crippen LogP contribution in [0.15, 0.2) is 30.3 Å². The van der Waals surface area contributed by atoms with Crippen molar-refractivity contribution in [2.45, 2.75) is 26.4 Å². The monoisotopic (exact) mass is 369 g/mol. The van der Waals surface area contributed by atoms with Crippen molar-refractivity contribution in [2.75, 3.05) is 11.9 Å². The van der Waals surface area contributed by atoms with Crippen molar-refractivity contribution in [3.05, 3.63) is 52.3 Å². The molecule has 5 heteroatoms. The molecule has 0 unspecified atom stereocenters. The third-order valence-corrected chi connectivity index (χ3v) is 4.32. The molecule has 2 rings (SSSR count). The van der Waals surface area contributed by atoms with Crippen LogP contribution in [0.3, 0.4) is 0 Å². The van der Waals surface area contributed by atoms with E-state index >= 15 is 0 Å². The van der Waals surface area contributed by atoms with Crippen LogP contribution in [0.25, 0.3) is 0 Å². The number of halogens is 2. The molecule has 0 radical (unpaired) electrons. The minimum atomic E-state index is 0.808. The summed E-state index contributed by atoms with van der Waals surface area (Å²) in [5.74, 6) is 0. The van der Waals surface area contributed by atoms with Gasteiger partial charge in [-0.25, -0.2) is 0 Å². The third-order valence-electron chi connectivity index (χ3n) is 3.53. The van der Waals surface area contributed by atoms with Gasteiger partial charge >= 0.3 is 0 Å². The van der Waals surface area contributed by atoms with E-state index in [1.807, 2.05) is 17.8 Å². The number of benzene rings is 1. The first-order valence-electron chi connectivity index (χ1n) is 7.18.